The molecule has 1 aliphatic rings. The molecule has 1 atom stereocenters. The van der Waals surface area contributed by atoms with Crippen molar-refractivity contribution < 1.29 is 0 Å². The highest BCUT2D eigenvalue weighted by atomic mass is 32.1. The van der Waals surface area contributed by atoms with E-state index >= 15 is 0 Å². The zero-order valence-corrected chi connectivity index (χ0v) is 7.10. The highest BCUT2D eigenvalue weighted by Crippen LogP contribution is 2.19. The molecule has 3 heteroatoms. The predicted molar refractivity (Wildman–Crippen MR) is 46.9 cm³/mol. The Morgan fingerprint density at radius 2 is 2.64 bits per heavy atom. The summed E-state index contributed by atoms with van der Waals surface area (Å²) in [5.74, 6) is 0. The molecular weight excluding hydrogens is 156 g/mol. The fraction of sp³-hybridized carbons (Fsp3) is 0.500. The number of nitrogens with zero attached hydrogens (tertiary/aromatic N) is 1. The van der Waals surface area contributed by atoms with Crippen LogP contribution in [0.3, 0.4) is 0 Å². The van der Waals surface area contributed by atoms with Gasteiger partial charge in [0.15, 0.2) is 0 Å². The normalized spacial score (nSPS) is 25.3. The monoisotopic (exact) mass is 167 g/mol. The van der Waals surface area contributed by atoms with E-state index in [-0.39, 0.29) is 0 Å². The lowest BCUT2D eigenvalue weighted by atomic mass is 10.2. The van der Waals surface area contributed by atoms with Crippen molar-refractivity contribution in [3.63, 3.8) is 0 Å². The van der Waals surface area contributed by atoms with E-state index in [2.05, 4.69) is 28.1 Å². The van der Waals surface area contributed by atoms with Gasteiger partial charge in [-0.25, -0.2) is 5.32 Å². The maximum absolute atomic E-state index is 4.36. The summed E-state index contributed by atoms with van der Waals surface area (Å²) in [6.45, 7) is 2.95. The van der Waals surface area contributed by atoms with Crippen LogP contribution in [-0.4, -0.2) is 19.6 Å². The second kappa shape index (κ2) is 3.34. The first-order valence-electron chi connectivity index (χ1n) is 3.87. The summed E-state index contributed by atoms with van der Waals surface area (Å²) in [5.41, 5.74) is 0. The molecule has 11 heavy (non-hydrogen) atoms. The molecule has 1 N–H and O–H groups in total. The largest absolute Gasteiger partial charge is 0.307 e. The quantitative estimate of drug-likeness (QED) is 0.663. The van der Waals surface area contributed by atoms with Gasteiger partial charge < -0.3 is 5.32 Å². The molecule has 2 heterocycles. The van der Waals surface area contributed by atoms with E-state index in [9.17, 15) is 0 Å². The number of piperazine rings is 1. The highest BCUT2D eigenvalue weighted by Gasteiger charge is 2.14. The van der Waals surface area contributed by atoms with E-state index in [1.54, 1.807) is 11.3 Å². The van der Waals surface area contributed by atoms with Crippen molar-refractivity contribution in [2.75, 3.05) is 19.6 Å². The predicted octanol–water partition coefficient (Wildman–Crippen LogP) is 0.997. The van der Waals surface area contributed by atoms with Gasteiger partial charge in [0, 0.05) is 24.5 Å². The van der Waals surface area contributed by atoms with Gasteiger partial charge in [0.25, 0.3) is 0 Å². The maximum atomic E-state index is 4.36. The Kier molecular flexibility index (Phi) is 2.21. The molecule has 0 unspecified atom stereocenters. The topological polar surface area (TPSA) is 26.1 Å². The molecule has 2 nitrogen and oxygen atoms in total. The lowest BCUT2D eigenvalue weighted by Crippen LogP contribution is -2.38. The minimum atomic E-state index is 0.490. The van der Waals surface area contributed by atoms with Crippen molar-refractivity contribution in [3.05, 3.63) is 22.4 Å². The highest BCUT2D eigenvalue weighted by molar-refractivity contribution is 7.10. The fourth-order valence-electron chi connectivity index (χ4n) is 1.28. The number of thiophene rings is 1. The maximum Gasteiger partial charge on any atom is 0.0558 e. The Balaban J connectivity index is 2.04. The fourth-order valence-corrected chi connectivity index (χ4v) is 2.08. The number of hydrogen-bond acceptors (Lipinski definition) is 2. The van der Waals surface area contributed by atoms with E-state index in [1.165, 1.54) is 4.88 Å². The van der Waals surface area contributed by atoms with Crippen LogP contribution >= 0.6 is 11.3 Å². The number of hydrogen-bond donors (Lipinski definition) is 1. The molecule has 0 spiro atoms. The van der Waals surface area contributed by atoms with Crippen molar-refractivity contribution in [2.24, 2.45) is 0 Å². The van der Waals surface area contributed by atoms with Crippen LogP contribution in [0.15, 0.2) is 17.5 Å². The molecule has 0 aromatic carbocycles. The third-order valence-corrected chi connectivity index (χ3v) is 2.84. The molecule has 0 aliphatic carbocycles. The van der Waals surface area contributed by atoms with Crippen molar-refractivity contribution >= 4 is 11.3 Å². The molecule has 1 radical (unpaired) electrons. The number of nitrogens with one attached hydrogen (secondary N) is 1. The summed E-state index contributed by atoms with van der Waals surface area (Å²) in [4.78, 5) is 1.41. The Labute approximate surface area is 70.6 Å². The molecule has 1 saturated heterocycles. The van der Waals surface area contributed by atoms with Crippen LogP contribution in [0.5, 0.6) is 0 Å². The standard InChI is InChI=1S/C8H11N2S/c1-2-8(11-5-1)7-6-9-3-4-10-7/h1-2,5,7,10H,3-4,6H2/t7-/m0/s1. The average Bonchev–Trinajstić information content (AvgIpc) is 2.58. The van der Waals surface area contributed by atoms with E-state index < -0.39 is 0 Å². The lowest BCUT2D eigenvalue weighted by Gasteiger charge is -2.21. The minimum Gasteiger partial charge on any atom is -0.307 e. The van der Waals surface area contributed by atoms with Crippen molar-refractivity contribution in [1.82, 2.24) is 10.6 Å². The first-order valence-corrected chi connectivity index (χ1v) is 4.75. The molecule has 0 saturated carbocycles. The molecule has 1 fully saturated rings. The van der Waals surface area contributed by atoms with E-state index in [0.717, 1.165) is 19.6 Å². The Hall–Kier alpha value is -0.380. The molecule has 1 aliphatic heterocycles. The first-order chi connectivity index (χ1) is 5.47. The van der Waals surface area contributed by atoms with Crippen molar-refractivity contribution in [2.45, 2.75) is 6.04 Å². The van der Waals surface area contributed by atoms with E-state index in [0.29, 0.717) is 6.04 Å². The summed E-state index contributed by atoms with van der Waals surface area (Å²) in [6, 6.07) is 4.75. The Bertz CT molecular complexity index is 202. The first kappa shape index (κ1) is 7.28. The van der Waals surface area contributed by atoms with Gasteiger partial charge in [-0.15, -0.1) is 11.3 Å². The summed E-state index contributed by atoms with van der Waals surface area (Å²) < 4.78 is 0. The third-order valence-electron chi connectivity index (χ3n) is 1.86. The molecule has 59 valence electrons. The van der Waals surface area contributed by atoms with E-state index in [1.807, 2.05) is 0 Å². The molecule has 0 bridgehead atoms. The van der Waals surface area contributed by atoms with Gasteiger partial charge in [0.05, 0.1) is 6.04 Å². The molecule has 1 aromatic rings. The van der Waals surface area contributed by atoms with Crippen LogP contribution in [-0.2, 0) is 0 Å². The molecule has 2 rings (SSSR count). The SMILES string of the molecule is c1csc([C@@H]2C[N]CCN2)c1. The van der Waals surface area contributed by atoms with Crippen LogP contribution < -0.4 is 10.6 Å². The van der Waals surface area contributed by atoms with Gasteiger partial charge in [0.1, 0.15) is 0 Å². The van der Waals surface area contributed by atoms with Crippen LogP contribution in [0.1, 0.15) is 10.9 Å². The third kappa shape index (κ3) is 1.61. The summed E-state index contributed by atoms with van der Waals surface area (Å²) in [5, 5.41) is 9.91. The van der Waals surface area contributed by atoms with E-state index in [4.69, 9.17) is 0 Å². The second-order valence-electron chi connectivity index (χ2n) is 2.65. The summed E-state index contributed by atoms with van der Waals surface area (Å²) in [7, 11) is 0. The van der Waals surface area contributed by atoms with Crippen LogP contribution in [0.2, 0.25) is 0 Å². The average molecular weight is 167 g/mol. The minimum absolute atomic E-state index is 0.490. The zero-order valence-electron chi connectivity index (χ0n) is 6.29. The summed E-state index contributed by atoms with van der Waals surface area (Å²) in [6.07, 6.45) is 0. The van der Waals surface area contributed by atoms with Crippen LogP contribution in [0, 0.1) is 0 Å². The van der Waals surface area contributed by atoms with Crippen LogP contribution in [0.25, 0.3) is 0 Å². The van der Waals surface area contributed by atoms with Crippen molar-refractivity contribution in [3.8, 4) is 0 Å². The van der Waals surface area contributed by atoms with Gasteiger partial charge in [0.2, 0.25) is 0 Å². The second-order valence-corrected chi connectivity index (χ2v) is 3.63. The zero-order chi connectivity index (χ0) is 7.52. The van der Waals surface area contributed by atoms with Gasteiger partial charge in [-0.05, 0) is 11.4 Å². The van der Waals surface area contributed by atoms with Gasteiger partial charge in [-0.3, -0.25) is 0 Å². The Morgan fingerprint density at radius 3 is 3.27 bits per heavy atom. The van der Waals surface area contributed by atoms with Gasteiger partial charge >= 0.3 is 0 Å². The summed E-state index contributed by atoms with van der Waals surface area (Å²) >= 11 is 1.81. The molecule has 1 aromatic heterocycles. The number of rotatable bonds is 1. The van der Waals surface area contributed by atoms with Crippen molar-refractivity contribution in [1.29, 1.82) is 0 Å². The Morgan fingerprint density at radius 1 is 1.64 bits per heavy atom. The molecular formula is C8H11N2S. The lowest BCUT2D eigenvalue weighted by molar-refractivity contribution is 0.428. The van der Waals surface area contributed by atoms with Gasteiger partial charge in [-0.2, -0.15) is 0 Å². The molecule has 0 amide bonds. The smallest absolute Gasteiger partial charge is 0.0558 e. The van der Waals surface area contributed by atoms with Crippen LogP contribution in [0.4, 0.5) is 0 Å². The van der Waals surface area contributed by atoms with Gasteiger partial charge in [-0.1, -0.05) is 6.07 Å².